The summed E-state index contributed by atoms with van der Waals surface area (Å²) in [7, 11) is 0. The molecule has 3 heteroatoms. The fourth-order valence-corrected chi connectivity index (χ4v) is 4.02. The summed E-state index contributed by atoms with van der Waals surface area (Å²) in [5, 5.41) is 3.71. The summed E-state index contributed by atoms with van der Waals surface area (Å²) in [6.45, 7) is 6.74. The monoisotopic (exact) mass is 227 g/mol. The normalized spacial score (nSPS) is 26.4. The molecule has 1 nitrogen and oxygen atoms in total. The van der Waals surface area contributed by atoms with Gasteiger partial charge in [-0.1, -0.05) is 0 Å². The summed E-state index contributed by atoms with van der Waals surface area (Å²) in [4.78, 5) is 2.90. The minimum Gasteiger partial charge on any atom is -0.303 e. The molecule has 0 bridgehead atoms. The van der Waals surface area contributed by atoms with E-state index in [4.69, 9.17) is 0 Å². The third-order valence-corrected chi connectivity index (χ3v) is 5.03. The van der Waals surface area contributed by atoms with Gasteiger partial charge in [0, 0.05) is 26.8 Å². The molecular weight excluding hydrogens is 210 g/mol. The molecule has 2 rings (SSSR count). The van der Waals surface area contributed by atoms with Crippen molar-refractivity contribution in [2.75, 3.05) is 11.5 Å². The van der Waals surface area contributed by atoms with Crippen molar-refractivity contribution in [2.24, 2.45) is 0 Å². The molecule has 14 heavy (non-hydrogen) atoms. The Morgan fingerprint density at radius 1 is 1.43 bits per heavy atom. The lowest BCUT2D eigenvalue weighted by Gasteiger charge is -2.36. The van der Waals surface area contributed by atoms with Gasteiger partial charge in [0.2, 0.25) is 0 Å². The smallest absolute Gasteiger partial charge is 0.0511 e. The standard InChI is InChI=1S/C11H17NS2/c1-8-4-5-10(14-8)9-6-13-7-11(2,3)12-9/h4-5,9,12H,6-7H2,1-3H3. The second-order valence-corrected chi connectivity index (χ2v) is 6.89. The van der Waals surface area contributed by atoms with Gasteiger partial charge >= 0.3 is 0 Å². The molecule has 1 saturated heterocycles. The van der Waals surface area contributed by atoms with E-state index < -0.39 is 0 Å². The minimum absolute atomic E-state index is 0.283. The van der Waals surface area contributed by atoms with Gasteiger partial charge in [-0.15, -0.1) is 11.3 Å². The quantitative estimate of drug-likeness (QED) is 0.790. The molecule has 1 aliphatic heterocycles. The van der Waals surface area contributed by atoms with Crippen LogP contribution in [-0.2, 0) is 0 Å². The Bertz CT molecular complexity index is 317. The Hall–Kier alpha value is 0.01000. The highest BCUT2D eigenvalue weighted by atomic mass is 32.2. The number of aryl methyl sites for hydroxylation is 1. The van der Waals surface area contributed by atoms with Crippen LogP contribution in [0, 0.1) is 6.92 Å². The third kappa shape index (κ3) is 2.33. The van der Waals surface area contributed by atoms with Crippen molar-refractivity contribution in [2.45, 2.75) is 32.4 Å². The molecule has 0 radical (unpaired) electrons. The van der Waals surface area contributed by atoms with Gasteiger partial charge < -0.3 is 5.32 Å². The van der Waals surface area contributed by atoms with E-state index in [9.17, 15) is 0 Å². The topological polar surface area (TPSA) is 12.0 Å². The van der Waals surface area contributed by atoms with E-state index >= 15 is 0 Å². The Morgan fingerprint density at radius 3 is 2.79 bits per heavy atom. The van der Waals surface area contributed by atoms with Gasteiger partial charge in [0.1, 0.15) is 0 Å². The van der Waals surface area contributed by atoms with Gasteiger partial charge in [-0.3, -0.25) is 0 Å². The molecule has 78 valence electrons. The molecule has 2 heterocycles. The molecule has 1 fully saturated rings. The Balaban J connectivity index is 2.12. The van der Waals surface area contributed by atoms with Gasteiger partial charge in [0.25, 0.3) is 0 Å². The van der Waals surface area contributed by atoms with Crippen molar-refractivity contribution in [1.29, 1.82) is 0 Å². The molecule has 1 aliphatic rings. The second-order valence-electron chi connectivity index (χ2n) is 4.54. The number of thiophene rings is 1. The first kappa shape index (κ1) is 10.5. The van der Waals surface area contributed by atoms with E-state index in [0.29, 0.717) is 6.04 Å². The van der Waals surface area contributed by atoms with Crippen LogP contribution in [0.15, 0.2) is 12.1 Å². The third-order valence-electron chi connectivity index (χ3n) is 2.42. The highest BCUT2D eigenvalue weighted by molar-refractivity contribution is 7.99. The van der Waals surface area contributed by atoms with Crippen molar-refractivity contribution in [3.8, 4) is 0 Å². The summed E-state index contributed by atoms with van der Waals surface area (Å²) in [6.07, 6.45) is 0. The van der Waals surface area contributed by atoms with Crippen LogP contribution in [0.25, 0.3) is 0 Å². The lowest BCUT2D eigenvalue weighted by molar-refractivity contribution is 0.379. The van der Waals surface area contributed by atoms with Gasteiger partial charge in [-0.25, -0.2) is 0 Å². The van der Waals surface area contributed by atoms with E-state index in [1.165, 1.54) is 21.3 Å². The predicted octanol–water partition coefficient (Wildman–Crippen LogP) is 3.21. The first-order chi connectivity index (χ1) is 6.57. The first-order valence-corrected chi connectivity index (χ1v) is 6.96. The number of rotatable bonds is 1. The SMILES string of the molecule is Cc1ccc(C2CSCC(C)(C)N2)s1. The van der Waals surface area contributed by atoms with E-state index in [1.807, 2.05) is 11.3 Å². The lowest BCUT2D eigenvalue weighted by atomic mass is 10.1. The summed E-state index contributed by atoms with van der Waals surface area (Å²) < 4.78 is 0. The fourth-order valence-electron chi connectivity index (χ4n) is 1.78. The van der Waals surface area contributed by atoms with Gasteiger partial charge in [-0.05, 0) is 32.9 Å². The van der Waals surface area contributed by atoms with Crippen LogP contribution in [0.5, 0.6) is 0 Å². The molecule has 1 unspecified atom stereocenters. The molecule has 0 aliphatic carbocycles. The van der Waals surface area contributed by atoms with E-state index in [2.05, 4.69) is 50.0 Å². The maximum absolute atomic E-state index is 3.71. The van der Waals surface area contributed by atoms with Crippen LogP contribution in [0.1, 0.15) is 29.6 Å². The summed E-state index contributed by atoms with van der Waals surface area (Å²) >= 11 is 3.98. The van der Waals surface area contributed by atoms with E-state index in [-0.39, 0.29) is 5.54 Å². The highest BCUT2D eigenvalue weighted by Crippen LogP contribution is 2.32. The number of thioether (sulfide) groups is 1. The largest absolute Gasteiger partial charge is 0.303 e. The zero-order chi connectivity index (χ0) is 10.2. The maximum Gasteiger partial charge on any atom is 0.0511 e. The summed E-state index contributed by atoms with van der Waals surface area (Å²) in [6, 6.07) is 5.04. The summed E-state index contributed by atoms with van der Waals surface area (Å²) in [5.74, 6) is 2.43. The lowest BCUT2D eigenvalue weighted by Crippen LogP contribution is -2.47. The zero-order valence-electron chi connectivity index (χ0n) is 8.96. The molecule has 1 atom stereocenters. The predicted molar refractivity (Wildman–Crippen MR) is 66.3 cm³/mol. The molecule has 1 aromatic rings. The number of nitrogens with one attached hydrogen (secondary N) is 1. The van der Waals surface area contributed by atoms with Crippen LogP contribution in [0.3, 0.4) is 0 Å². The van der Waals surface area contributed by atoms with Gasteiger partial charge in [0.05, 0.1) is 6.04 Å². The number of hydrogen-bond acceptors (Lipinski definition) is 3. The van der Waals surface area contributed by atoms with Crippen LogP contribution in [0.4, 0.5) is 0 Å². The second kappa shape index (κ2) is 3.87. The Morgan fingerprint density at radius 2 is 2.21 bits per heavy atom. The molecular formula is C11H17NS2. The van der Waals surface area contributed by atoms with Crippen molar-refractivity contribution < 1.29 is 0 Å². The van der Waals surface area contributed by atoms with Crippen molar-refractivity contribution >= 4 is 23.1 Å². The number of hydrogen-bond donors (Lipinski definition) is 1. The average Bonchev–Trinajstić information content (AvgIpc) is 2.50. The van der Waals surface area contributed by atoms with Crippen LogP contribution in [-0.4, -0.2) is 17.0 Å². The van der Waals surface area contributed by atoms with Crippen LogP contribution in [0.2, 0.25) is 0 Å². The molecule has 1 N–H and O–H groups in total. The van der Waals surface area contributed by atoms with Crippen LogP contribution < -0.4 is 5.32 Å². The van der Waals surface area contributed by atoms with Crippen molar-refractivity contribution in [3.63, 3.8) is 0 Å². The van der Waals surface area contributed by atoms with E-state index in [1.54, 1.807) is 0 Å². The van der Waals surface area contributed by atoms with Crippen molar-refractivity contribution in [1.82, 2.24) is 5.32 Å². The van der Waals surface area contributed by atoms with E-state index in [0.717, 1.165) is 0 Å². The molecule has 1 aromatic heterocycles. The maximum atomic E-state index is 3.71. The van der Waals surface area contributed by atoms with Crippen molar-refractivity contribution in [3.05, 3.63) is 21.9 Å². The fraction of sp³-hybridized carbons (Fsp3) is 0.636. The Kier molecular flexibility index (Phi) is 2.91. The first-order valence-electron chi connectivity index (χ1n) is 4.99. The molecule has 0 spiro atoms. The zero-order valence-corrected chi connectivity index (χ0v) is 10.6. The van der Waals surface area contributed by atoms with Crippen LogP contribution >= 0.6 is 23.1 Å². The highest BCUT2D eigenvalue weighted by Gasteiger charge is 2.28. The van der Waals surface area contributed by atoms with Gasteiger partial charge in [-0.2, -0.15) is 11.8 Å². The molecule has 0 saturated carbocycles. The Labute approximate surface area is 94.3 Å². The molecule has 0 amide bonds. The van der Waals surface area contributed by atoms with Gasteiger partial charge in [0.15, 0.2) is 0 Å². The summed E-state index contributed by atoms with van der Waals surface area (Å²) in [5.41, 5.74) is 0.283. The molecule has 0 aromatic carbocycles. The minimum atomic E-state index is 0.283. The average molecular weight is 227 g/mol.